The van der Waals surface area contributed by atoms with Gasteiger partial charge in [0, 0.05) is 32.1 Å². The van der Waals surface area contributed by atoms with E-state index in [1.807, 2.05) is 6.07 Å². The van der Waals surface area contributed by atoms with E-state index in [0.29, 0.717) is 5.56 Å². The fourth-order valence-corrected chi connectivity index (χ4v) is 3.51. The number of nitro groups is 1. The Bertz CT molecular complexity index is 1160. The van der Waals surface area contributed by atoms with Crippen molar-refractivity contribution in [3.63, 3.8) is 0 Å². The van der Waals surface area contributed by atoms with Crippen LogP contribution in [0, 0.1) is 10.1 Å². The predicted octanol–water partition coefficient (Wildman–Crippen LogP) is 1.53. The number of piperazine rings is 1. The standard InChI is InChI=1S/C24H24N4O7/c1-16(29)26-20(13-18-8-5-9-19(12-18)28(33)34)24(32)27-11-10-25-23(31)21(27)14-22(30)35-15-17-6-3-2-4-7-17/h2-9,12-13,21H,10-11,14-15H2,1H3,(H,25,31)(H,26,29). The van der Waals surface area contributed by atoms with Crippen molar-refractivity contribution in [3.05, 3.63) is 81.5 Å². The minimum Gasteiger partial charge on any atom is -0.461 e. The van der Waals surface area contributed by atoms with Gasteiger partial charge >= 0.3 is 5.97 Å². The first kappa shape index (κ1) is 25.1. The average Bonchev–Trinajstić information content (AvgIpc) is 2.83. The van der Waals surface area contributed by atoms with Gasteiger partial charge in [-0.15, -0.1) is 0 Å². The minimum atomic E-state index is -1.15. The molecule has 3 amide bonds. The Kier molecular flexibility index (Phi) is 8.28. The zero-order valence-electron chi connectivity index (χ0n) is 18.9. The maximum absolute atomic E-state index is 13.4. The lowest BCUT2D eigenvalue weighted by molar-refractivity contribution is -0.384. The van der Waals surface area contributed by atoms with Gasteiger partial charge in [-0.3, -0.25) is 29.3 Å². The lowest BCUT2D eigenvalue weighted by Crippen LogP contribution is -2.58. The molecule has 35 heavy (non-hydrogen) atoms. The average molecular weight is 480 g/mol. The van der Waals surface area contributed by atoms with E-state index in [4.69, 9.17) is 4.74 Å². The van der Waals surface area contributed by atoms with E-state index in [1.54, 1.807) is 24.3 Å². The van der Waals surface area contributed by atoms with E-state index >= 15 is 0 Å². The maximum Gasteiger partial charge on any atom is 0.308 e. The summed E-state index contributed by atoms with van der Waals surface area (Å²) < 4.78 is 5.26. The molecule has 0 saturated carbocycles. The van der Waals surface area contributed by atoms with Gasteiger partial charge in [-0.05, 0) is 17.2 Å². The third-order valence-electron chi connectivity index (χ3n) is 5.13. The number of amides is 3. The Morgan fingerprint density at radius 1 is 1.20 bits per heavy atom. The quantitative estimate of drug-likeness (QED) is 0.252. The summed E-state index contributed by atoms with van der Waals surface area (Å²) in [6.45, 7) is 1.47. The summed E-state index contributed by atoms with van der Waals surface area (Å²) >= 11 is 0. The highest BCUT2D eigenvalue weighted by atomic mass is 16.6. The van der Waals surface area contributed by atoms with E-state index in [0.717, 1.165) is 5.56 Å². The Morgan fingerprint density at radius 2 is 1.94 bits per heavy atom. The van der Waals surface area contributed by atoms with E-state index in [-0.39, 0.29) is 37.5 Å². The minimum absolute atomic E-state index is 0.0196. The van der Waals surface area contributed by atoms with Crippen molar-refractivity contribution in [2.75, 3.05) is 13.1 Å². The normalized spacial score (nSPS) is 15.7. The Labute approximate surface area is 200 Å². The lowest BCUT2D eigenvalue weighted by Gasteiger charge is -2.35. The second-order valence-electron chi connectivity index (χ2n) is 7.75. The number of carbonyl (C=O) groups excluding carboxylic acids is 4. The first-order chi connectivity index (χ1) is 16.7. The number of hydrogen-bond acceptors (Lipinski definition) is 7. The van der Waals surface area contributed by atoms with E-state index in [9.17, 15) is 29.3 Å². The highest BCUT2D eigenvalue weighted by Gasteiger charge is 2.36. The molecular weight excluding hydrogens is 456 g/mol. The molecule has 1 aliphatic rings. The van der Waals surface area contributed by atoms with Crippen molar-refractivity contribution in [1.82, 2.24) is 15.5 Å². The largest absolute Gasteiger partial charge is 0.461 e. The molecule has 1 unspecified atom stereocenters. The fourth-order valence-electron chi connectivity index (χ4n) is 3.51. The lowest BCUT2D eigenvalue weighted by atomic mass is 10.1. The SMILES string of the molecule is CC(=O)NC(=Cc1cccc([N+](=O)[O-])c1)C(=O)N1CCNC(=O)C1CC(=O)OCc1ccccc1. The molecule has 1 saturated heterocycles. The smallest absolute Gasteiger partial charge is 0.308 e. The third kappa shape index (κ3) is 6.97. The number of ether oxygens (including phenoxy) is 1. The second-order valence-corrected chi connectivity index (χ2v) is 7.75. The van der Waals surface area contributed by atoms with Crippen LogP contribution in [0.5, 0.6) is 0 Å². The van der Waals surface area contributed by atoms with Crippen LogP contribution in [0.25, 0.3) is 6.08 Å². The molecule has 11 heteroatoms. The van der Waals surface area contributed by atoms with Crippen LogP contribution in [-0.2, 0) is 30.5 Å². The molecule has 0 bridgehead atoms. The van der Waals surface area contributed by atoms with E-state index < -0.39 is 34.7 Å². The van der Waals surface area contributed by atoms with Gasteiger partial charge in [0.05, 0.1) is 11.3 Å². The van der Waals surface area contributed by atoms with Crippen LogP contribution in [0.15, 0.2) is 60.3 Å². The molecule has 11 nitrogen and oxygen atoms in total. The Morgan fingerprint density at radius 3 is 2.63 bits per heavy atom. The number of non-ortho nitro benzene ring substituents is 1. The first-order valence-corrected chi connectivity index (χ1v) is 10.8. The molecule has 1 fully saturated rings. The van der Waals surface area contributed by atoms with Gasteiger partial charge in [0.1, 0.15) is 18.3 Å². The van der Waals surface area contributed by atoms with Crippen LogP contribution < -0.4 is 10.6 Å². The zero-order valence-corrected chi connectivity index (χ0v) is 18.9. The number of carbonyl (C=O) groups is 4. The van der Waals surface area contributed by atoms with Crippen LogP contribution >= 0.6 is 0 Å². The molecule has 0 radical (unpaired) electrons. The topological polar surface area (TPSA) is 148 Å². The number of benzene rings is 2. The molecule has 1 aliphatic heterocycles. The van der Waals surface area contributed by atoms with Crippen molar-refractivity contribution >= 4 is 35.5 Å². The molecule has 2 aromatic rings. The van der Waals surface area contributed by atoms with Crippen LogP contribution in [0.1, 0.15) is 24.5 Å². The fraction of sp³-hybridized carbons (Fsp3) is 0.250. The number of hydrogen-bond donors (Lipinski definition) is 2. The summed E-state index contributed by atoms with van der Waals surface area (Å²) in [6.07, 6.45) is 0.905. The second kappa shape index (κ2) is 11.5. The highest BCUT2D eigenvalue weighted by Crippen LogP contribution is 2.18. The molecule has 2 aromatic carbocycles. The third-order valence-corrected chi connectivity index (χ3v) is 5.13. The van der Waals surface area contributed by atoms with Gasteiger partial charge in [-0.2, -0.15) is 0 Å². The molecule has 0 aliphatic carbocycles. The van der Waals surface area contributed by atoms with Gasteiger partial charge in [0.15, 0.2) is 0 Å². The molecule has 0 aromatic heterocycles. The van der Waals surface area contributed by atoms with Crippen molar-refractivity contribution in [1.29, 1.82) is 0 Å². The number of nitro benzene ring substituents is 1. The molecule has 2 N–H and O–H groups in total. The number of rotatable bonds is 8. The van der Waals surface area contributed by atoms with Crippen molar-refractivity contribution in [2.45, 2.75) is 26.0 Å². The van der Waals surface area contributed by atoms with Crippen molar-refractivity contribution in [2.24, 2.45) is 0 Å². The monoisotopic (exact) mass is 480 g/mol. The molecular formula is C24H24N4O7. The van der Waals surface area contributed by atoms with Crippen LogP contribution in [0.2, 0.25) is 0 Å². The number of nitrogens with zero attached hydrogens (tertiary/aromatic N) is 2. The summed E-state index contributed by atoms with van der Waals surface area (Å²) in [5, 5.41) is 16.1. The number of nitrogens with one attached hydrogen (secondary N) is 2. The predicted molar refractivity (Wildman–Crippen MR) is 124 cm³/mol. The van der Waals surface area contributed by atoms with Crippen LogP contribution in [-0.4, -0.2) is 52.6 Å². The van der Waals surface area contributed by atoms with E-state index in [1.165, 1.54) is 42.2 Å². The van der Waals surface area contributed by atoms with Gasteiger partial charge in [0.25, 0.3) is 11.6 Å². The van der Waals surface area contributed by atoms with Crippen molar-refractivity contribution < 1.29 is 28.8 Å². The van der Waals surface area contributed by atoms with Crippen LogP contribution in [0.3, 0.4) is 0 Å². The summed E-state index contributed by atoms with van der Waals surface area (Å²) in [4.78, 5) is 61.8. The van der Waals surface area contributed by atoms with Gasteiger partial charge < -0.3 is 20.3 Å². The summed E-state index contributed by atoms with van der Waals surface area (Å²) in [5.74, 6) is -2.45. The van der Waals surface area contributed by atoms with Gasteiger partial charge in [0.2, 0.25) is 11.8 Å². The highest BCUT2D eigenvalue weighted by molar-refractivity contribution is 6.03. The Balaban J connectivity index is 1.80. The van der Waals surface area contributed by atoms with Gasteiger partial charge in [-0.1, -0.05) is 42.5 Å². The summed E-state index contributed by atoms with van der Waals surface area (Å²) in [5.41, 5.74) is 0.700. The summed E-state index contributed by atoms with van der Waals surface area (Å²) in [6, 6.07) is 13.4. The van der Waals surface area contributed by atoms with Crippen molar-refractivity contribution in [3.8, 4) is 0 Å². The summed E-state index contributed by atoms with van der Waals surface area (Å²) in [7, 11) is 0. The molecule has 1 heterocycles. The number of esters is 1. The molecule has 3 rings (SSSR count). The maximum atomic E-state index is 13.4. The van der Waals surface area contributed by atoms with E-state index in [2.05, 4.69) is 10.6 Å². The van der Waals surface area contributed by atoms with Crippen LogP contribution in [0.4, 0.5) is 5.69 Å². The zero-order chi connectivity index (χ0) is 25.4. The Hall–Kier alpha value is -4.54. The molecule has 1 atom stereocenters. The molecule has 0 spiro atoms. The molecule has 182 valence electrons. The van der Waals surface area contributed by atoms with Gasteiger partial charge in [-0.25, -0.2) is 0 Å². The first-order valence-electron chi connectivity index (χ1n) is 10.8.